The van der Waals surface area contributed by atoms with E-state index < -0.39 is 0 Å². The minimum Gasteiger partial charge on any atom is -0.0922 e. The van der Waals surface area contributed by atoms with Crippen LogP contribution in [0.15, 0.2) is 0 Å². The van der Waals surface area contributed by atoms with Crippen molar-refractivity contribution in [3.05, 3.63) is 0 Å². The zero-order chi connectivity index (χ0) is 7.61. The maximum Gasteiger partial charge on any atom is 0.00904 e. The third-order valence-corrected chi connectivity index (χ3v) is 4.21. The van der Waals surface area contributed by atoms with Crippen LogP contribution in [0, 0.1) is 11.3 Å². The van der Waals surface area contributed by atoms with Crippen LogP contribution in [0.2, 0.25) is 0 Å². The van der Waals surface area contributed by atoms with E-state index in [1.807, 2.05) is 0 Å². The lowest BCUT2D eigenvalue weighted by atomic mass is 9.78. The average molecular weight is 205 g/mol. The molecule has 60 valence electrons. The number of alkyl halides is 1. The van der Waals surface area contributed by atoms with Crippen molar-refractivity contribution in [1.82, 2.24) is 0 Å². The van der Waals surface area contributed by atoms with Crippen LogP contribution in [-0.2, 0) is 0 Å². The maximum absolute atomic E-state index is 3.63. The van der Waals surface area contributed by atoms with E-state index in [1.165, 1.54) is 31.0 Å². The molecule has 0 aromatic carbocycles. The van der Waals surface area contributed by atoms with Gasteiger partial charge in [0.15, 0.2) is 0 Å². The van der Waals surface area contributed by atoms with Gasteiger partial charge in [0.1, 0.15) is 0 Å². The summed E-state index contributed by atoms with van der Waals surface area (Å²) in [6, 6.07) is 0. The molecule has 10 heavy (non-hydrogen) atoms. The van der Waals surface area contributed by atoms with Crippen LogP contribution in [0.4, 0.5) is 0 Å². The third-order valence-electron chi connectivity index (χ3n) is 3.09. The Morgan fingerprint density at radius 2 is 1.80 bits per heavy atom. The van der Waals surface area contributed by atoms with Gasteiger partial charge in [-0.2, -0.15) is 0 Å². The predicted octanol–water partition coefficient (Wildman–Crippen LogP) is 3.60. The van der Waals surface area contributed by atoms with Gasteiger partial charge in [0.25, 0.3) is 0 Å². The molecule has 1 aliphatic rings. The Bertz CT molecular complexity index is 101. The van der Waals surface area contributed by atoms with Crippen LogP contribution >= 0.6 is 15.9 Å². The number of hydrogen-bond acceptors (Lipinski definition) is 0. The first-order valence-electron chi connectivity index (χ1n) is 4.27. The van der Waals surface area contributed by atoms with Gasteiger partial charge >= 0.3 is 0 Å². The Kier molecular flexibility index (Phi) is 2.79. The number of halogens is 1. The summed E-state index contributed by atoms with van der Waals surface area (Å²) in [5, 5.41) is 1.21. The van der Waals surface area contributed by atoms with E-state index in [2.05, 4.69) is 29.8 Å². The molecule has 0 heterocycles. The van der Waals surface area contributed by atoms with E-state index >= 15 is 0 Å². The van der Waals surface area contributed by atoms with Gasteiger partial charge in [-0.05, 0) is 24.2 Å². The molecule has 0 N–H and O–H groups in total. The van der Waals surface area contributed by atoms with E-state index in [-0.39, 0.29) is 0 Å². The van der Waals surface area contributed by atoms with Gasteiger partial charge in [-0.1, -0.05) is 42.6 Å². The average Bonchev–Trinajstić information content (AvgIpc) is 2.35. The SMILES string of the molecule is CC(C)C1(CBr)CCCC1. The fourth-order valence-corrected chi connectivity index (χ4v) is 3.15. The lowest BCUT2D eigenvalue weighted by molar-refractivity contribution is 0.237. The molecule has 0 spiro atoms. The highest BCUT2D eigenvalue weighted by Crippen LogP contribution is 2.45. The normalized spacial score (nSPS) is 24.0. The summed E-state index contributed by atoms with van der Waals surface area (Å²) in [5.41, 5.74) is 0.653. The van der Waals surface area contributed by atoms with Gasteiger partial charge < -0.3 is 0 Å². The Balaban J connectivity index is 2.58. The molecule has 1 aliphatic carbocycles. The van der Waals surface area contributed by atoms with Crippen molar-refractivity contribution in [2.45, 2.75) is 39.5 Å². The zero-order valence-corrected chi connectivity index (χ0v) is 8.58. The van der Waals surface area contributed by atoms with Gasteiger partial charge in [0, 0.05) is 5.33 Å². The molecular formula is C9H17Br. The summed E-state index contributed by atoms with van der Waals surface area (Å²) in [6.45, 7) is 4.71. The molecule has 1 rings (SSSR count). The zero-order valence-electron chi connectivity index (χ0n) is 6.99. The van der Waals surface area contributed by atoms with Gasteiger partial charge in [0.05, 0.1) is 0 Å². The van der Waals surface area contributed by atoms with E-state index in [1.54, 1.807) is 0 Å². The van der Waals surface area contributed by atoms with Crippen molar-refractivity contribution in [3.8, 4) is 0 Å². The molecular weight excluding hydrogens is 188 g/mol. The molecule has 0 saturated heterocycles. The molecule has 0 aromatic rings. The fraction of sp³-hybridized carbons (Fsp3) is 1.00. The van der Waals surface area contributed by atoms with E-state index in [0.717, 1.165) is 5.92 Å². The van der Waals surface area contributed by atoms with Gasteiger partial charge in [-0.15, -0.1) is 0 Å². The summed E-state index contributed by atoms with van der Waals surface area (Å²) >= 11 is 3.63. The first kappa shape index (κ1) is 8.58. The highest BCUT2D eigenvalue weighted by Gasteiger charge is 2.35. The molecule has 0 amide bonds. The van der Waals surface area contributed by atoms with Crippen molar-refractivity contribution < 1.29 is 0 Å². The minimum absolute atomic E-state index is 0.653. The topological polar surface area (TPSA) is 0 Å². The molecule has 1 heteroatoms. The smallest absolute Gasteiger partial charge is 0.00904 e. The Hall–Kier alpha value is 0.480. The minimum atomic E-state index is 0.653. The first-order valence-corrected chi connectivity index (χ1v) is 5.39. The van der Waals surface area contributed by atoms with Gasteiger partial charge in [-0.3, -0.25) is 0 Å². The van der Waals surface area contributed by atoms with Crippen molar-refractivity contribution in [2.75, 3.05) is 5.33 Å². The summed E-state index contributed by atoms with van der Waals surface area (Å²) < 4.78 is 0. The molecule has 0 bridgehead atoms. The standard InChI is InChI=1S/C9H17Br/c1-8(2)9(7-10)5-3-4-6-9/h8H,3-7H2,1-2H3. The van der Waals surface area contributed by atoms with Gasteiger partial charge in [0.2, 0.25) is 0 Å². The molecule has 0 radical (unpaired) electrons. The largest absolute Gasteiger partial charge is 0.0922 e. The molecule has 0 aliphatic heterocycles. The van der Waals surface area contributed by atoms with Crippen molar-refractivity contribution >= 4 is 15.9 Å². The lowest BCUT2D eigenvalue weighted by Gasteiger charge is -2.31. The van der Waals surface area contributed by atoms with Crippen LogP contribution in [-0.4, -0.2) is 5.33 Å². The second kappa shape index (κ2) is 3.25. The summed E-state index contributed by atoms with van der Waals surface area (Å²) in [6.07, 6.45) is 5.78. The van der Waals surface area contributed by atoms with Crippen LogP contribution < -0.4 is 0 Å². The molecule has 1 fully saturated rings. The highest BCUT2D eigenvalue weighted by atomic mass is 79.9. The third kappa shape index (κ3) is 1.39. The fourth-order valence-electron chi connectivity index (χ4n) is 1.94. The summed E-state index contributed by atoms with van der Waals surface area (Å²) in [5.74, 6) is 0.856. The molecule has 0 nitrogen and oxygen atoms in total. The molecule has 0 aromatic heterocycles. The summed E-state index contributed by atoms with van der Waals surface area (Å²) in [4.78, 5) is 0. The second-order valence-electron chi connectivity index (χ2n) is 3.86. The van der Waals surface area contributed by atoms with Crippen molar-refractivity contribution in [2.24, 2.45) is 11.3 Å². The molecule has 1 saturated carbocycles. The lowest BCUT2D eigenvalue weighted by Crippen LogP contribution is -2.24. The van der Waals surface area contributed by atoms with Crippen LogP contribution in [0.3, 0.4) is 0 Å². The van der Waals surface area contributed by atoms with E-state index in [9.17, 15) is 0 Å². The quantitative estimate of drug-likeness (QED) is 0.604. The van der Waals surface area contributed by atoms with E-state index in [0.29, 0.717) is 5.41 Å². The van der Waals surface area contributed by atoms with Crippen LogP contribution in [0.5, 0.6) is 0 Å². The van der Waals surface area contributed by atoms with Crippen molar-refractivity contribution in [1.29, 1.82) is 0 Å². The Morgan fingerprint density at radius 1 is 1.30 bits per heavy atom. The maximum atomic E-state index is 3.63. The second-order valence-corrected chi connectivity index (χ2v) is 4.42. The number of rotatable bonds is 2. The highest BCUT2D eigenvalue weighted by molar-refractivity contribution is 9.09. The van der Waals surface area contributed by atoms with Gasteiger partial charge in [-0.25, -0.2) is 0 Å². The molecule has 0 atom stereocenters. The Labute approximate surface area is 72.5 Å². The van der Waals surface area contributed by atoms with Crippen LogP contribution in [0.25, 0.3) is 0 Å². The monoisotopic (exact) mass is 204 g/mol. The van der Waals surface area contributed by atoms with Crippen LogP contribution in [0.1, 0.15) is 39.5 Å². The van der Waals surface area contributed by atoms with Crippen molar-refractivity contribution in [3.63, 3.8) is 0 Å². The predicted molar refractivity (Wildman–Crippen MR) is 49.5 cm³/mol. The number of hydrogen-bond donors (Lipinski definition) is 0. The first-order chi connectivity index (χ1) is 4.71. The van der Waals surface area contributed by atoms with E-state index in [4.69, 9.17) is 0 Å². The Morgan fingerprint density at radius 3 is 2.00 bits per heavy atom. The molecule has 0 unspecified atom stereocenters. The summed E-state index contributed by atoms with van der Waals surface area (Å²) in [7, 11) is 0.